The van der Waals surface area contributed by atoms with Gasteiger partial charge in [-0.2, -0.15) is 0 Å². The van der Waals surface area contributed by atoms with Crippen LogP contribution >= 0.6 is 0 Å². The molecule has 0 radical (unpaired) electrons. The Balaban J connectivity index is 0.00000137. The molecule has 0 amide bonds. The molecule has 0 aromatic carbocycles. The molecular formula is C16H26N2. The summed E-state index contributed by atoms with van der Waals surface area (Å²) in [4.78, 5) is 6.25. The number of anilines is 1. The van der Waals surface area contributed by atoms with Crippen molar-refractivity contribution < 1.29 is 0 Å². The van der Waals surface area contributed by atoms with E-state index >= 15 is 0 Å². The average Bonchev–Trinajstić information content (AvgIpc) is 2.46. The molecule has 0 saturated heterocycles. The highest BCUT2D eigenvalue weighted by atomic mass is 15.1. The molecule has 0 unspecified atom stereocenters. The molecule has 100 valence electrons. The first-order valence-electron chi connectivity index (χ1n) is 6.63. The maximum absolute atomic E-state index is 4.12. The van der Waals surface area contributed by atoms with Gasteiger partial charge in [0.1, 0.15) is 0 Å². The van der Waals surface area contributed by atoms with Gasteiger partial charge in [-0.25, -0.2) is 0 Å². The number of allylic oxidation sites excluding steroid dienone is 4. The lowest BCUT2D eigenvalue weighted by Gasteiger charge is -2.19. The first kappa shape index (κ1) is 16.4. The van der Waals surface area contributed by atoms with Crippen LogP contribution in [0.3, 0.4) is 0 Å². The quantitative estimate of drug-likeness (QED) is 0.709. The third-order valence-electron chi connectivity index (χ3n) is 2.73. The molecule has 1 rings (SSSR count). The van der Waals surface area contributed by atoms with E-state index in [1.54, 1.807) is 6.20 Å². The van der Waals surface area contributed by atoms with Gasteiger partial charge >= 0.3 is 0 Å². The van der Waals surface area contributed by atoms with E-state index < -0.39 is 0 Å². The first-order valence-corrected chi connectivity index (χ1v) is 6.63. The molecule has 0 saturated carbocycles. The SMILES string of the molecule is CC.CCC(C)=C/C=C(/C)N(C)c1cccnc1. The largest absolute Gasteiger partial charge is 0.347 e. The predicted molar refractivity (Wildman–Crippen MR) is 81.8 cm³/mol. The smallest absolute Gasteiger partial charge is 0.0592 e. The third kappa shape index (κ3) is 5.67. The van der Waals surface area contributed by atoms with Gasteiger partial charge in [-0.15, -0.1) is 0 Å². The Kier molecular flexibility index (Phi) is 8.63. The average molecular weight is 246 g/mol. The molecule has 0 bridgehead atoms. The molecule has 18 heavy (non-hydrogen) atoms. The Morgan fingerprint density at radius 3 is 2.44 bits per heavy atom. The van der Waals surface area contributed by atoms with Crippen molar-refractivity contribution in [2.24, 2.45) is 0 Å². The van der Waals surface area contributed by atoms with Crippen molar-refractivity contribution in [2.75, 3.05) is 11.9 Å². The Labute approximate surface area is 112 Å². The topological polar surface area (TPSA) is 16.1 Å². The molecule has 0 N–H and O–H groups in total. The third-order valence-corrected chi connectivity index (χ3v) is 2.73. The number of nitrogens with zero attached hydrogens (tertiary/aromatic N) is 2. The van der Waals surface area contributed by atoms with E-state index in [1.165, 1.54) is 11.3 Å². The number of aromatic nitrogens is 1. The summed E-state index contributed by atoms with van der Waals surface area (Å²) >= 11 is 0. The molecule has 1 aromatic heterocycles. The van der Waals surface area contributed by atoms with Gasteiger partial charge in [0, 0.05) is 18.9 Å². The molecule has 1 heterocycles. The van der Waals surface area contributed by atoms with E-state index in [9.17, 15) is 0 Å². The molecule has 2 nitrogen and oxygen atoms in total. The van der Waals surface area contributed by atoms with Gasteiger partial charge in [0.15, 0.2) is 0 Å². The molecular weight excluding hydrogens is 220 g/mol. The van der Waals surface area contributed by atoms with E-state index in [0.717, 1.165) is 12.1 Å². The Morgan fingerprint density at radius 2 is 1.94 bits per heavy atom. The van der Waals surface area contributed by atoms with Crippen molar-refractivity contribution >= 4 is 5.69 Å². The van der Waals surface area contributed by atoms with Gasteiger partial charge < -0.3 is 4.90 Å². The molecule has 2 heteroatoms. The number of hydrogen-bond acceptors (Lipinski definition) is 2. The fourth-order valence-electron chi connectivity index (χ4n) is 1.25. The van der Waals surface area contributed by atoms with Gasteiger partial charge in [0.05, 0.1) is 11.9 Å². The van der Waals surface area contributed by atoms with Crippen LogP contribution < -0.4 is 4.90 Å². The van der Waals surface area contributed by atoms with Crippen LogP contribution in [0, 0.1) is 0 Å². The highest BCUT2D eigenvalue weighted by molar-refractivity contribution is 5.49. The van der Waals surface area contributed by atoms with Gasteiger partial charge in [-0.3, -0.25) is 4.98 Å². The van der Waals surface area contributed by atoms with E-state index in [1.807, 2.05) is 26.1 Å². The van der Waals surface area contributed by atoms with Crippen molar-refractivity contribution in [2.45, 2.75) is 41.0 Å². The van der Waals surface area contributed by atoms with Crippen LogP contribution in [0.5, 0.6) is 0 Å². The molecule has 0 aliphatic heterocycles. The normalized spacial score (nSPS) is 11.7. The van der Waals surface area contributed by atoms with Gasteiger partial charge in [0.2, 0.25) is 0 Å². The minimum absolute atomic E-state index is 1.10. The van der Waals surface area contributed by atoms with E-state index in [-0.39, 0.29) is 0 Å². The minimum atomic E-state index is 1.10. The van der Waals surface area contributed by atoms with Crippen LogP contribution in [0.25, 0.3) is 0 Å². The lowest BCUT2D eigenvalue weighted by molar-refractivity contribution is 1.07. The summed E-state index contributed by atoms with van der Waals surface area (Å²) in [6.45, 7) is 10.4. The summed E-state index contributed by atoms with van der Waals surface area (Å²) in [5.74, 6) is 0. The fourth-order valence-corrected chi connectivity index (χ4v) is 1.25. The van der Waals surface area contributed by atoms with Crippen molar-refractivity contribution in [3.8, 4) is 0 Å². The minimum Gasteiger partial charge on any atom is -0.347 e. The number of rotatable bonds is 4. The summed E-state index contributed by atoms with van der Waals surface area (Å²) in [5, 5.41) is 0. The highest BCUT2D eigenvalue weighted by Gasteiger charge is 2.00. The number of hydrogen-bond donors (Lipinski definition) is 0. The monoisotopic (exact) mass is 246 g/mol. The van der Waals surface area contributed by atoms with Crippen LogP contribution in [0.2, 0.25) is 0 Å². The summed E-state index contributed by atoms with van der Waals surface area (Å²) in [5.41, 5.74) is 3.71. The lowest BCUT2D eigenvalue weighted by atomic mass is 10.2. The number of pyridine rings is 1. The second kappa shape index (κ2) is 9.46. The van der Waals surface area contributed by atoms with Gasteiger partial charge in [-0.05, 0) is 38.5 Å². The molecule has 0 aliphatic carbocycles. The van der Waals surface area contributed by atoms with Crippen molar-refractivity contribution in [3.05, 3.63) is 47.9 Å². The zero-order valence-electron chi connectivity index (χ0n) is 12.6. The predicted octanol–water partition coefficient (Wildman–Crippen LogP) is 4.80. The summed E-state index contributed by atoms with van der Waals surface area (Å²) < 4.78 is 0. The van der Waals surface area contributed by atoms with Crippen LogP contribution in [-0.4, -0.2) is 12.0 Å². The van der Waals surface area contributed by atoms with Gasteiger partial charge in [-0.1, -0.05) is 32.4 Å². The second-order valence-corrected chi connectivity index (χ2v) is 3.94. The Morgan fingerprint density at radius 1 is 1.28 bits per heavy atom. The maximum atomic E-state index is 4.12. The lowest BCUT2D eigenvalue weighted by Crippen LogP contribution is -2.13. The van der Waals surface area contributed by atoms with Crippen LogP contribution in [-0.2, 0) is 0 Å². The standard InChI is InChI=1S/C14H20N2.C2H6/c1-5-12(2)8-9-13(3)16(4)14-7-6-10-15-11-14;1-2/h6-11H,5H2,1-4H3;1-2H3/b12-8?,13-9-;. The maximum Gasteiger partial charge on any atom is 0.0592 e. The fraction of sp³-hybridized carbons (Fsp3) is 0.438. The Bertz CT molecular complexity index is 377. The second-order valence-electron chi connectivity index (χ2n) is 3.94. The van der Waals surface area contributed by atoms with Crippen molar-refractivity contribution in [3.63, 3.8) is 0 Å². The summed E-state index contributed by atoms with van der Waals surface area (Å²) in [7, 11) is 2.05. The van der Waals surface area contributed by atoms with Crippen molar-refractivity contribution in [1.82, 2.24) is 4.98 Å². The first-order chi connectivity index (χ1) is 8.65. The van der Waals surface area contributed by atoms with E-state index in [4.69, 9.17) is 0 Å². The molecule has 0 spiro atoms. The van der Waals surface area contributed by atoms with Crippen molar-refractivity contribution in [1.29, 1.82) is 0 Å². The van der Waals surface area contributed by atoms with Crippen LogP contribution in [0.15, 0.2) is 47.9 Å². The zero-order chi connectivity index (χ0) is 14.0. The van der Waals surface area contributed by atoms with E-state index in [2.05, 4.69) is 55.9 Å². The van der Waals surface area contributed by atoms with Crippen LogP contribution in [0.4, 0.5) is 5.69 Å². The molecule has 0 aliphatic rings. The zero-order valence-corrected chi connectivity index (χ0v) is 12.6. The summed E-state index contributed by atoms with van der Waals surface area (Å²) in [6, 6.07) is 4.01. The van der Waals surface area contributed by atoms with Gasteiger partial charge in [0.25, 0.3) is 0 Å². The summed E-state index contributed by atoms with van der Waals surface area (Å²) in [6.07, 6.45) is 9.07. The van der Waals surface area contributed by atoms with Crippen LogP contribution in [0.1, 0.15) is 41.0 Å². The molecule has 0 atom stereocenters. The van der Waals surface area contributed by atoms with E-state index in [0.29, 0.717) is 0 Å². The Hall–Kier alpha value is -1.57. The molecule has 0 fully saturated rings. The molecule has 1 aromatic rings. The highest BCUT2D eigenvalue weighted by Crippen LogP contribution is 2.15.